The third-order valence-corrected chi connectivity index (χ3v) is 5.13. The Balaban J connectivity index is 1.90. The number of phenolic OH excluding ortho intramolecular Hbond substituents is 1. The van der Waals surface area contributed by atoms with Crippen LogP contribution in [0.2, 0.25) is 0 Å². The Kier molecular flexibility index (Phi) is 3.72. The van der Waals surface area contributed by atoms with Gasteiger partial charge in [0.25, 0.3) is 5.91 Å². The highest BCUT2D eigenvalue weighted by atomic mass is 16.7. The van der Waals surface area contributed by atoms with Crippen molar-refractivity contribution in [1.82, 2.24) is 10.6 Å². The van der Waals surface area contributed by atoms with E-state index in [-0.39, 0.29) is 29.4 Å². The van der Waals surface area contributed by atoms with Gasteiger partial charge in [0, 0.05) is 12.8 Å². The van der Waals surface area contributed by atoms with E-state index in [9.17, 15) is 30.0 Å². The molecule has 10 heteroatoms. The van der Waals surface area contributed by atoms with Gasteiger partial charge in [0.15, 0.2) is 11.5 Å². The van der Waals surface area contributed by atoms with Crippen molar-refractivity contribution in [3.8, 4) is 17.2 Å². The molecular formula is C16H18N2O8. The molecule has 0 aromatic heterocycles. The number of fused-ring (bicyclic) bond motifs is 4. The minimum atomic E-state index is -1.57. The molecule has 4 rings (SSSR count). The summed E-state index contributed by atoms with van der Waals surface area (Å²) in [6.07, 6.45) is -4.52. The van der Waals surface area contributed by atoms with Crippen LogP contribution in [0.4, 0.5) is 0 Å². The summed E-state index contributed by atoms with van der Waals surface area (Å²) in [5.74, 6) is -2.10. The Hall–Kier alpha value is -2.56. The molecule has 6 N–H and O–H groups in total. The Morgan fingerprint density at radius 3 is 2.65 bits per heavy atom. The van der Waals surface area contributed by atoms with Crippen LogP contribution in [0.3, 0.4) is 0 Å². The summed E-state index contributed by atoms with van der Waals surface area (Å²) in [6.45, 7) is 1.12. The standard InChI is InChI=1S/C16H18N2O8/c1-4(19)17-9-7-5-2-6-15(26-3-25-6)11(20)8(5)16(24)18-10(7)13(22)14(23)12(9)21/h2,7,9-10,12-14,20-23H,3H2,1H3,(H,17,19)(H,18,24)/t7-,9+,10+,12-,13-,14+/m0/s1. The molecule has 3 aliphatic rings. The normalized spacial score (nSPS) is 34.5. The molecule has 26 heavy (non-hydrogen) atoms. The molecule has 2 heterocycles. The number of phenols is 1. The average Bonchev–Trinajstić information content (AvgIpc) is 3.05. The Labute approximate surface area is 147 Å². The summed E-state index contributed by atoms with van der Waals surface area (Å²) < 4.78 is 10.4. The van der Waals surface area contributed by atoms with Crippen LogP contribution >= 0.6 is 0 Å². The van der Waals surface area contributed by atoms with Crippen molar-refractivity contribution in [3.05, 3.63) is 17.2 Å². The van der Waals surface area contributed by atoms with Crippen molar-refractivity contribution in [2.75, 3.05) is 6.79 Å². The maximum atomic E-state index is 12.5. The van der Waals surface area contributed by atoms with E-state index in [1.807, 2.05) is 0 Å². The van der Waals surface area contributed by atoms with Crippen LogP contribution in [0.15, 0.2) is 6.07 Å². The lowest BCUT2D eigenvalue weighted by Crippen LogP contribution is -2.69. The molecule has 0 saturated heterocycles. The molecule has 0 bridgehead atoms. The quantitative estimate of drug-likeness (QED) is 0.330. The first-order valence-corrected chi connectivity index (χ1v) is 8.09. The summed E-state index contributed by atoms with van der Waals surface area (Å²) in [6, 6.07) is -0.500. The molecule has 6 atom stereocenters. The fourth-order valence-corrected chi connectivity index (χ4v) is 4.02. The van der Waals surface area contributed by atoms with Gasteiger partial charge in [-0.2, -0.15) is 0 Å². The number of hydrogen-bond acceptors (Lipinski definition) is 8. The van der Waals surface area contributed by atoms with E-state index in [1.165, 1.54) is 13.0 Å². The molecule has 2 amide bonds. The summed E-state index contributed by atoms with van der Waals surface area (Å²) in [4.78, 5) is 24.1. The van der Waals surface area contributed by atoms with Gasteiger partial charge in [-0.25, -0.2) is 0 Å². The molecule has 1 aromatic carbocycles. The molecule has 10 nitrogen and oxygen atoms in total. The lowest BCUT2D eigenvalue weighted by Gasteiger charge is -2.49. The van der Waals surface area contributed by atoms with Crippen molar-refractivity contribution in [2.24, 2.45) is 0 Å². The second-order valence-electron chi connectivity index (χ2n) is 6.65. The zero-order valence-corrected chi connectivity index (χ0v) is 13.7. The predicted molar refractivity (Wildman–Crippen MR) is 83.9 cm³/mol. The number of aliphatic hydroxyl groups excluding tert-OH is 3. The van der Waals surface area contributed by atoms with Crippen molar-refractivity contribution in [3.63, 3.8) is 0 Å². The number of benzene rings is 1. The number of nitrogens with one attached hydrogen (secondary N) is 2. The fourth-order valence-electron chi connectivity index (χ4n) is 4.02. The Bertz CT molecular complexity index is 797. The van der Waals surface area contributed by atoms with Crippen LogP contribution < -0.4 is 20.1 Å². The first kappa shape index (κ1) is 16.9. The van der Waals surface area contributed by atoms with Crippen molar-refractivity contribution in [2.45, 2.75) is 43.2 Å². The van der Waals surface area contributed by atoms with Gasteiger partial charge in [-0.15, -0.1) is 0 Å². The molecule has 2 aliphatic heterocycles. The van der Waals surface area contributed by atoms with Crippen molar-refractivity contribution >= 4 is 11.8 Å². The van der Waals surface area contributed by atoms with Crippen LogP contribution in [0, 0.1) is 0 Å². The van der Waals surface area contributed by atoms with Gasteiger partial charge in [-0.3, -0.25) is 9.59 Å². The number of rotatable bonds is 1. The van der Waals surface area contributed by atoms with E-state index < -0.39 is 53.9 Å². The summed E-state index contributed by atoms with van der Waals surface area (Å²) in [7, 11) is 0. The molecule has 0 unspecified atom stereocenters. The van der Waals surface area contributed by atoms with Gasteiger partial charge < -0.3 is 40.5 Å². The zero-order valence-electron chi connectivity index (χ0n) is 13.7. The molecule has 1 aliphatic carbocycles. The van der Waals surface area contributed by atoms with E-state index in [4.69, 9.17) is 9.47 Å². The molecular weight excluding hydrogens is 348 g/mol. The number of ether oxygens (including phenoxy) is 2. The topological polar surface area (TPSA) is 158 Å². The predicted octanol–water partition coefficient (Wildman–Crippen LogP) is -2.08. The molecule has 140 valence electrons. The van der Waals surface area contributed by atoms with Gasteiger partial charge in [-0.05, 0) is 11.6 Å². The second-order valence-corrected chi connectivity index (χ2v) is 6.65. The highest BCUT2D eigenvalue weighted by Crippen LogP contribution is 2.50. The number of hydrogen-bond donors (Lipinski definition) is 6. The molecule has 1 aromatic rings. The van der Waals surface area contributed by atoms with Crippen molar-refractivity contribution < 1.29 is 39.5 Å². The monoisotopic (exact) mass is 366 g/mol. The summed E-state index contributed by atoms with van der Waals surface area (Å²) in [5, 5.41) is 46.4. The van der Waals surface area contributed by atoms with Gasteiger partial charge >= 0.3 is 0 Å². The third-order valence-electron chi connectivity index (χ3n) is 5.13. The van der Waals surface area contributed by atoms with Crippen LogP contribution in [-0.2, 0) is 4.79 Å². The minimum Gasteiger partial charge on any atom is -0.504 e. The van der Waals surface area contributed by atoms with Crippen LogP contribution in [0.1, 0.15) is 28.8 Å². The number of carbonyl (C=O) groups excluding carboxylic acids is 2. The number of aliphatic hydroxyl groups is 3. The van der Waals surface area contributed by atoms with Gasteiger partial charge in [0.1, 0.15) is 18.3 Å². The number of aromatic hydroxyl groups is 1. The third kappa shape index (κ3) is 2.23. The lowest BCUT2D eigenvalue weighted by molar-refractivity contribution is -0.133. The van der Waals surface area contributed by atoms with Gasteiger partial charge in [0.2, 0.25) is 18.4 Å². The highest BCUT2D eigenvalue weighted by Gasteiger charge is 2.54. The molecule has 0 spiro atoms. The number of amides is 2. The van der Waals surface area contributed by atoms with Gasteiger partial charge in [0.05, 0.1) is 17.6 Å². The largest absolute Gasteiger partial charge is 0.504 e. The highest BCUT2D eigenvalue weighted by molar-refractivity contribution is 6.01. The summed E-state index contributed by atoms with van der Waals surface area (Å²) >= 11 is 0. The Morgan fingerprint density at radius 1 is 1.23 bits per heavy atom. The SMILES string of the molecule is CC(=O)N[C@H]1[C@H](O)[C@@H](O)[C@@H](O)[C@@H]2NC(=O)c3c(cc4c(c3O)OCO4)[C@@H]12. The zero-order chi connectivity index (χ0) is 18.7. The maximum absolute atomic E-state index is 12.5. The lowest BCUT2D eigenvalue weighted by atomic mass is 9.69. The first-order chi connectivity index (χ1) is 12.3. The second kappa shape index (κ2) is 5.73. The number of carbonyl (C=O) groups is 2. The van der Waals surface area contributed by atoms with E-state index in [1.54, 1.807) is 0 Å². The van der Waals surface area contributed by atoms with E-state index in [0.29, 0.717) is 0 Å². The summed E-state index contributed by atoms with van der Waals surface area (Å²) in [5.41, 5.74) is 0.200. The maximum Gasteiger partial charge on any atom is 0.255 e. The average molecular weight is 366 g/mol. The van der Waals surface area contributed by atoms with E-state index >= 15 is 0 Å². The molecule has 0 radical (unpaired) electrons. The van der Waals surface area contributed by atoms with Crippen molar-refractivity contribution in [1.29, 1.82) is 0 Å². The van der Waals surface area contributed by atoms with Crippen LogP contribution in [0.5, 0.6) is 17.2 Å². The minimum absolute atomic E-state index is 0.0327. The van der Waals surface area contributed by atoms with E-state index in [2.05, 4.69) is 10.6 Å². The first-order valence-electron chi connectivity index (χ1n) is 8.09. The van der Waals surface area contributed by atoms with Crippen LogP contribution in [0.25, 0.3) is 0 Å². The van der Waals surface area contributed by atoms with Gasteiger partial charge in [-0.1, -0.05) is 0 Å². The fraction of sp³-hybridized carbons (Fsp3) is 0.500. The van der Waals surface area contributed by atoms with E-state index in [0.717, 1.165) is 0 Å². The smallest absolute Gasteiger partial charge is 0.255 e. The molecule has 1 fully saturated rings. The Morgan fingerprint density at radius 2 is 1.96 bits per heavy atom. The van der Waals surface area contributed by atoms with Crippen LogP contribution in [-0.4, -0.2) is 69.4 Å². The molecule has 1 saturated carbocycles.